The van der Waals surface area contributed by atoms with E-state index in [-0.39, 0.29) is 27.8 Å². The van der Waals surface area contributed by atoms with E-state index in [4.69, 9.17) is 5.14 Å². The number of carbonyl (C=O) groups is 1. The Kier molecular flexibility index (Phi) is 3.58. The lowest BCUT2D eigenvalue weighted by Crippen LogP contribution is -2.17. The van der Waals surface area contributed by atoms with Gasteiger partial charge in [0, 0.05) is 24.9 Å². The topological polar surface area (TPSA) is 148 Å². The number of amides is 1. The molecule has 112 valence electrons. The lowest BCUT2D eigenvalue weighted by atomic mass is 10.2. The van der Waals surface area contributed by atoms with Crippen molar-refractivity contribution in [3.63, 3.8) is 0 Å². The van der Waals surface area contributed by atoms with Gasteiger partial charge in [0.15, 0.2) is 5.82 Å². The Morgan fingerprint density at radius 3 is 2.38 bits per heavy atom. The van der Waals surface area contributed by atoms with Crippen molar-refractivity contribution in [2.45, 2.75) is 4.90 Å². The molecule has 1 aromatic heterocycles. The van der Waals surface area contributed by atoms with Crippen LogP contribution in [0.1, 0.15) is 10.4 Å². The van der Waals surface area contributed by atoms with Crippen LogP contribution in [0.2, 0.25) is 0 Å². The SMILES string of the molecule is Cn1cc(S(N)(=O)=O)c(NC(=O)c2cc(O)cc(O)c2)n1. The van der Waals surface area contributed by atoms with Crippen LogP contribution in [0.15, 0.2) is 29.3 Å². The van der Waals surface area contributed by atoms with E-state index in [0.717, 1.165) is 24.4 Å². The number of aromatic hydroxyl groups is 2. The van der Waals surface area contributed by atoms with Crippen LogP contribution in [-0.2, 0) is 17.1 Å². The fourth-order valence-corrected chi connectivity index (χ4v) is 2.33. The highest BCUT2D eigenvalue weighted by molar-refractivity contribution is 7.89. The fourth-order valence-electron chi connectivity index (χ4n) is 1.67. The van der Waals surface area contributed by atoms with Crippen LogP contribution in [0.3, 0.4) is 0 Å². The molecule has 1 heterocycles. The maximum Gasteiger partial charge on any atom is 0.257 e. The third-order valence-electron chi connectivity index (χ3n) is 2.50. The lowest BCUT2D eigenvalue weighted by Gasteiger charge is -2.05. The summed E-state index contributed by atoms with van der Waals surface area (Å²) in [5, 5.41) is 29.7. The van der Waals surface area contributed by atoms with Crippen molar-refractivity contribution in [3.8, 4) is 11.5 Å². The van der Waals surface area contributed by atoms with Crippen LogP contribution in [0.25, 0.3) is 0 Å². The molecule has 0 aliphatic carbocycles. The number of sulfonamides is 1. The molecule has 21 heavy (non-hydrogen) atoms. The first kappa shape index (κ1) is 14.8. The van der Waals surface area contributed by atoms with Crippen LogP contribution < -0.4 is 10.5 Å². The molecule has 2 rings (SSSR count). The second-order valence-corrected chi connectivity index (χ2v) is 5.78. The smallest absolute Gasteiger partial charge is 0.257 e. The second-order valence-electron chi connectivity index (χ2n) is 4.25. The zero-order valence-corrected chi connectivity index (χ0v) is 11.6. The van der Waals surface area contributed by atoms with E-state index in [0.29, 0.717) is 0 Å². The average molecular weight is 312 g/mol. The number of benzene rings is 1. The standard InChI is InChI=1S/C11H12N4O5S/c1-15-5-9(21(12,19)20)10(14-15)13-11(18)6-2-7(16)4-8(17)3-6/h2-5,16-17H,1H3,(H2,12,19,20)(H,13,14,18). The normalized spacial score (nSPS) is 11.3. The fraction of sp³-hybridized carbons (Fsp3) is 0.0909. The second kappa shape index (κ2) is 5.07. The van der Waals surface area contributed by atoms with Crippen molar-refractivity contribution in [1.82, 2.24) is 9.78 Å². The quantitative estimate of drug-likeness (QED) is 0.613. The summed E-state index contributed by atoms with van der Waals surface area (Å²) < 4.78 is 23.9. The number of phenols is 2. The molecular formula is C11H12N4O5S. The van der Waals surface area contributed by atoms with Gasteiger partial charge < -0.3 is 15.5 Å². The number of rotatable bonds is 3. The first-order valence-electron chi connectivity index (χ1n) is 5.57. The van der Waals surface area contributed by atoms with Gasteiger partial charge in [-0.3, -0.25) is 9.48 Å². The molecule has 0 bridgehead atoms. The third kappa shape index (κ3) is 3.30. The van der Waals surface area contributed by atoms with Gasteiger partial charge >= 0.3 is 0 Å². The zero-order chi connectivity index (χ0) is 15.8. The van der Waals surface area contributed by atoms with E-state index in [1.54, 1.807) is 0 Å². The summed E-state index contributed by atoms with van der Waals surface area (Å²) in [5.41, 5.74) is -0.0708. The predicted molar refractivity (Wildman–Crippen MR) is 72.3 cm³/mol. The molecule has 0 fully saturated rings. The minimum Gasteiger partial charge on any atom is -0.508 e. The Morgan fingerprint density at radius 1 is 1.29 bits per heavy atom. The third-order valence-corrected chi connectivity index (χ3v) is 3.41. The van der Waals surface area contributed by atoms with E-state index in [1.165, 1.54) is 11.7 Å². The maximum atomic E-state index is 12.0. The Labute approximate surface area is 119 Å². The highest BCUT2D eigenvalue weighted by atomic mass is 32.2. The number of anilines is 1. The minimum atomic E-state index is -4.05. The number of primary sulfonamides is 1. The van der Waals surface area contributed by atoms with Gasteiger partial charge in [-0.15, -0.1) is 0 Å². The number of phenolic OH excluding ortho intramolecular Hbond substituents is 2. The molecule has 0 saturated heterocycles. The summed E-state index contributed by atoms with van der Waals surface area (Å²) in [6, 6.07) is 3.26. The molecule has 9 nitrogen and oxygen atoms in total. The van der Waals surface area contributed by atoms with Crippen LogP contribution in [-0.4, -0.2) is 34.3 Å². The Balaban J connectivity index is 2.36. The molecule has 0 atom stereocenters. The minimum absolute atomic E-state index is 0.0708. The van der Waals surface area contributed by atoms with Crippen LogP contribution in [0.4, 0.5) is 5.82 Å². The molecule has 1 aromatic carbocycles. The van der Waals surface area contributed by atoms with Crippen molar-refractivity contribution < 1.29 is 23.4 Å². The molecule has 0 aliphatic heterocycles. The van der Waals surface area contributed by atoms with Crippen molar-refractivity contribution in [3.05, 3.63) is 30.0 Å². The van der Waals surface area contributed by atoms with E-state index in [1.807, 2.05) is 0 Å². The molecule has 5 N–H and O–H groups in total. The first-order chi connectivity index (χ1) is 9.66. The molecule has 0 spiro atoms. The number of aryl methyl sites for hydroxylation is 1. The van der Waals surface area contributed by atoms with Gasteiger partial charge in [-0.05, 0) is 12.1 Å². The van der Waals surface area contributed by atoms with E-state index >= 15 is 0 Å². The van der Waals surface area contributed by atoms with Gasteiger partial charge in [0.1, 0.15) is 16.4 Å². The van der Waals surface area contributed by atoms with E-state index in [9.17, 15) is 23.4 Å². The number of nitrogens with two attached hydrogens (primary N) is 1. The molecular weight excluding hydrogens is 300 g/mol. The van der Waals surface area contributed by atoms with E-state index in [2.05, 4.69) is 10.4 Å². The van der Waals surface area contributed by atoms with Gasteiger partial charge in [0.2, 0.25) is 10.0 Å². The van der Waals surface area contributed by atoms with Gasteiger partial charge in [-0.25, -0.2) is 13.6 Å². The molecule has 0 aliphatic rings. The number of nitrogens with zero attached hydrogens (tertiary/aromatic N) is 2. The molecule has 10 heteroatoms. The van der Waals surface area contributed by atoms with Crippen molar-refractivity contribution in [1.29, 1.82) is 0 Å². The van der Waals surface area contributed by atoms with Gasteiger partial charge in [0.25, 0.3) is 5.91 Å². The van der Waals surface area contributed by atoms with Crippen LogP contribution in [0.5, 0.6) is 11.5 Å². The van der Waals surface area contributed by atoms with E-state index < -0.39 is 15.9 Å². The van der Waals surface area contributed by atoms with Crippen molar-refractivity contribution in [2.75, 3.05) is 5.32 Å². The monoisotopic (exact) mass is 312 g/mol. The highest BCUT2D eigenvalue weighted by Crippen LogP contribution is 2.22. The predicted octanol–water partition coefficient (Wildman–Crippen LogP) is -0.269. The summed E-state index contributed by atoms with van der Waals surface area (Å²) in [6.07, 6.45) is 1.14. The molecule has 0 saturated carbocycles. The Bertz CT molecular complexity index is 792. The maximum absolute atomic E-state index is 12.0. The molecule has 0 radical (unpaired) electrons. The summed E-state index contributed by atoms with van der Waals surface area (Å²) in [7, 11) is -2.59. The number of hydrogen-bond donors (Lipinski definition) is 4. The Morgan fingerprint density at radius 2 is 1.86 bits per heavy atom. The van der Waals surface area contributed by atoms with Crippen molar-refractivity contribution in [2.24, 2.45) is 12.2 Å². The molecule has 1 amide bonds. The van der Waals surface area contributed by atoms with Crippen LogP contribution in [0, 0.1) is 0 Å². The first-order valence-corrected chi connectivity index (χ1v) is 7.12. The number of aromatic nitrogens is 2. The molecule has 2 aromatic rings. The van der Waals surface area contributed by atoms with Crippen molar-refractivity contribution >= 4 is 21.7 Å². The number of nitrogens with one attached hydrogen (secondary N) is 1. The highest BCUT2D eigenvalue weighted by Gasteiger charge is 2.20. The van der Waals surface area contributed by atoms with Gasteiger partial charge in [-0.2, -0.15) is 5.10 Å². The summed E-state index contributed by atoms with van der Waals surface area (Å²) in [6.45, 7) is 0. The van der Waals surface area contributed by atoms with Gasteiger partial charge in [-0.1, -0.05) is 0 Å². The lowest BCUT2D eigenvalue weighted by molar-refractivity contribution is 0.102. The largest absolute Gasteiger partial charge is 0.508 e. The Hall–Kier alpha value is -2.59. The van der Waals surface area contributed by atoms with Crippen LogP contribution >= 0.6 is 0 Å². The number of hydrogen-bond acceptors (Lipinski definition) is 6. The average Bonchev–Trinajstić information content (AvgIpc) is 2.68. The number of carbonyl (C=O) groups excluding carboxylic acids is 1. The zero-order valence-electron chi connectivity index (χ0n) is 10.8. The summed E-state index contributed by atoms with van der Waals surface area (Å²) >= 11 is 0. The summed E-state index contributed by atoms with van der Waals surface area (Å²) in [5.74, 6) is -1.63. The van der Waals surface area contributed by atoms with Gasteiger partial charge in [0.05, 0.1) is 0 Å². The molecule has 0 unspecified atom stereocenters. The summed E-state index contributed by atoms with van der Waals surface area (Å²) in [4.78, 5) is 11.6.